The van der Waals surface area contributed by atoms with Crippen LogP contribution in [0.5, 0.6) is 0 Å². The number of halogens is 3. The Kier molecular flexibility index (Phi) is 5.41. The molecule has 2 aromatic carbocycles. The van der Waals surface area contributed by atoms with Crippen molar-refractivity contribution in [3.63, 3.8) is 0 Å². The predicted molar refractivity (Wildman–Crippen MR) is 82.9 cm³/mol. The van der Waals surface area contributed by atoms with E-state index in [4.69, 9.17) is 23.2 Å². The van der Waals surface area contributed by atoms with Gasteiger partial charge in [-0.1, -0.05) is 41.4 Å². The Morgan fingerprint density at radius 3 is 2.60 bits per heavy atom. The van der Waals surface area contributed by atoms with Gasteiger partial charge in [0.15, 0.2) is 0 Å². The van der Waals surface area contributed by atoms with Crippen LogP contribution in [-0.4, -0.2) is 6.04 Å². The zero-order chi connectivity index (χ0) is 14.5. The van der Waals surface area contributed by atoms with Crippen molar-refractivity contribution in [3.05, 3.63) is 69.5 Å². The van der Waals surface area contributed by atoms with Crippen LogP contribution in [0.1, 0.15) is 18.1 Å². The van der Waals surface area contributed by atoms with Crippen LogP contribution in [0.25, 0.3) is 0 Å². The van der Waals surface area contributed by atoms with Gasteiger partial charge in [0.1, 0.15) is 5.82 Å². The minimum absolute atomic E-state index is 0.153. The van der Waals surface area contributed by atoms with Gasteiger partial charge < -0.3 is 5.32 Å². The van der Waals surface area contributed by atoms with Crippen molar-refractivity contribution < 1.29 is 4.39 Å². The molecule has 1 atom stereocenters. The molecule has 20 heavy (non-hydrogen) atoms. The minimum atomic E-state index is -0.381. The fourth-order valence-electron chi connectivity index (χ4n) is 2.03. The molecule has 0 heterocycles. The molecular formula is C16H16Cl2FN. The minimum Gasteiger partial charge on any atom is -0.310 e. The summed E-state index contributed by atoms with van der Waals surface area (Å²) in [6.45, 7) is 2.70. The molecule has 1 N–H and O–H groups in total. The van der Waals surface area contributed by atoms with Crippen LogP contribution in [0.15, 0.2) is 42.5 Å². The summed E-state index contributed by atoms with van der Waals surface area (Å²) in [5.74, 6) is -0.381. The zero-order valence-electron chi connectivity index (χ0n) is 11.2. The summed E-state index contributed by atoms with van der Waals surface area (Å²) >= 11 is 11.6. The van der Waals surface area contributed by atoms with Gasteiger partial charge >= 0.3 is 0 Å². The van der Waals surface area contributed by atoms with Gasteiger partial charge in [-0.2, -0.15) is 0 Å². The third-order valence-corrected chi connectivity index (χ3v) is 3.61. The number of rotatable bonds is 5. The van der Waals surface area contributed by atoms with Gasteiger partial charge in [-0.3, -0.25) is 0 Å². The first-order valence-electron chi connectivity index (χ1n) is 6.46. The standard InChI is InChI=1S/C16H16Cl2FN/c1-11(7-12-3-2-4-14(17)8-12)20-10-13-5-6-15(18)16(19)9-13/h2-6,8-9,11,20H,7,10H2,1H3. The molecular weight excluding hydrogens is 296 g/mol. The molecule has 0 aliphatic rings. The second kappa shape index (κ2) is 7.07. The molecule has 0 radical (unpaired) electrons. The smallest absolute Gasteiger partial charge is 0.142 e. The number of hydrogen-bond acceptors (Lipinski definition) is 1. The quantitative estimate of drug-likeness (QED) is 0.832. The molecule has 0 saturated carbocycles. The van der Waals surface area contributed by atoms with E-state index in [9.17, 15) is 4.39 Å². The molecule has 4 heteroatoms. The van der Waals surface area contributed by atoms with E-state index >= 15 is 0 Å². The highest BCUT2D eigenvalue weighted by Gasteiger charge is 2.05. The number of hydrogen-bond donors (Lipinski definition) is 1. The van der Waals surface area contributed by atoms with E-state index in [1.54, 1.807) is 6.07 Å². The number of nitrogens with one attached hydrogen (secondary N) is 1. The zero-order valence-corrected chi connectivity index (χ0v) is 12.7. The fourth-order valence-corrected chi connectivity index (χ4v) is 2.36. The molecule has 0 bridgehead atoms. The molecule has 1 nitrogen and oxygen atoms in total. The van der Waals surface area contributed by atoms with Crippen molar-refractivity contribution in [1.82, 2.24) is 5.32 Å². The molecule has 0 amide bonds. The predicted octanol–water partition coefficient (Wildman–Crippen LogP) is 4.85. The topological polar surface area (TPSA) is 12.0 Å². The molecule has 0 fully saturated rings. The molecule has 0 aliphatic heterocycles. The highest BCUT2D eigenvalue weighted by molar-refractivity contribution is 6.30. The second-order valence-corrected chi connectivity index (χ2v) is 5.71. The lowest BCUT2D eigenvalue weighted by Crippen LogP contribution is -2.27. The maximum Gasteiger partial charge on any atom is 0.142 e. The van der Waals surface area contributed by atoms with Gasteiger partial charge in [-0.25, -0.2) is 4.39 Å². The lowest BCUT2D eigenvalue weighted by atomic mass is 10.1. The molecule has 0 saturated heterocycles. The van der Waals surface area contributed by atoms with E-state index in [0.29, 0.717) is 6.54 Å². The average molecular weight is 312 g/mol. The number of benzene rings is 2. The monoisotopic (exact) mass is 311 g/mol. The van der Waals surface area contributed by atoms with E-state index < -0.39 is 0 Å². The molecule has 106 valence electrons. The fraction of sp³-hybridized carbons (Fsp3) is 0.250. The summed E-state index contributed by atoms with van der Waals surface area (Å²) in [5.41, 5.74) is 2.06. The van der Waals surface area contributed by atoms with E-state index in [1.807, 2.05) is 30.3 Å². The molecule has 1 unspecified atom stereocenters. The van der Waals surface area contributed by atoms with Gasteiger partial charge in [-0.15, -0.1) is 0 Å². The summed E-state index contributed by atoms with van der Waals surface area (Å²) in [7, 11) is 0. The largest absolute Gasteiger partial charge is 0.310 e. The normalized spacial score (nSPS) is 12.4. The third-order valence-electron chi connectivity index (χ3n) is 3.07. The van der Waals surface area contributed by atoms with Crippen LogP contribution >= 0.6 is 23.2 Å². The Bertz CT molecular complexity index is 586. The molecule has 0 spiro atoms. The Hall–Kier alpha value is -1.09. The van der Waals surface area contributed by atoms with Crippen LogP contribution in [0.4, 0.5) is 4.39 Å². The summed E-state index contributed by atoms with van der Waals surface area (Å²) in [5, 5.41) is 4.26. The van der Waals surface area contributed by atoms with Crippen molar-refractivity contribution in [2.24, 2.45) is 0 Å². The molecule has 2 rings (SSSR count). The second-order valence-electron chi connectivity index (χ2n) is 4.86. The SMILES string of the molecule is CC(Cc1cccc(Cl)c1)NCc1ccc(Cl)c(F)c1. The van der Waals surface area contributed by atoms with Gasteiger partial charge in [0.2, 0.25) is 0 Å². The van der Waals surface area contributed by atoms with E-state index in [0.717, 1.165) is 17.0 Å². The molecule has 0 aliphatic carbocycles. The highest BCUT2D eigenvalue weighted by atomic mass is 35.5. The lowest BCUT2D eigenvalue weighted by molar-refractivity contribution is 0.542. The summed E-state index contributed by atoms with van der Waals surface area (Å²) in [4.78, 5) is 0. The van der Waals surface area contributed by atoms with Crippen molar-refractivity contribution in [3.8, 4) is 0 Å². The van der Waals surface area contributed by atoms with Crippen molar-refractivity contribution >= 4 is 23.2 Å². The maximum atomic E-state index is 13.3. The van der Waals surface area contributed by atoms with Gasteiger partial charge in [-0.05, 0) is 48.7 Å². The van der Waals surface area contributed by atoms with Crippen molar-refractivity contribution in [1.29, 1.82) is 0 Å². The average Bonchev–Trinajstić information content (AvgIpc) is 2.40. The van der Waals surface area contributed by atoms with Crippen LogP contribution < -0.4 is 5.32 Å². The maximum absolute atomic E-state index is 13.3. The van der Waals surface area contributed by atoms with Crippen LogP contribution in [-0.2, 0) is 13.0 Å². The Morgan fingerprint density at radius 2 is 1.90 bits per heavy atom. The van der Waals surface area contributed by atoms with Crippen molar-refractivity contribution in [2.45, 2.75) is 25.9 Å². The lowest BCUT2D eigenvalue weighted by Gasteiger charge is -2.14. The first-order valence-corrected chi connectivity index (χ1v) is 7.22. The van der Waals surface area contributed by atoms with Crippen LogP contribution in [0.3, 0.4) is 0 Å². The van der Waals surface area contributed by atoms with E-state index in [1.165, 1.54) is 11.6 Å². The van der Waals surface area contributed by atoms with E-state index in [-0.39, 0.29) is 16.9 Å². The molecule has 0 aromatic heterocycles. The van der Waals surface area contributed by atoms with Crippen LogP contribution in [0, 0.1) is 5.82 Å². The summed E-state index contributed by atoms with van der Waals surface area (Å²) < 4.78 is 13.3. The molecule has 2 aromatic rings. The Balaban J connectivity index is 1.88. The van der Waals surface area contributed by atoms with Crippen LogP contribution in [0.2, 0.25) is 10.0 Å². The van der Waals surface area contributed by atoms with Gasteiger partial charge in [0, 0.05) is 17.6 Å². The Morgan fingerprint density at radius 1 is 1.10 bits per heavy atom. The van der Waals surface area contributed by atoms with E-state index in [2.05, 4.69) is 12.2 Å². The van der Waals surface area contributed by atoms with Gasteiger partial charge in [0.25, 0.3) is 0 Å². The highest BCUT2D eigenvalue weighted by Crippen LogP contribution is 2.16. The first-order chi connectivity index (χ1) is 9.54. The summed E-state index contributed by atoms with van der Waals surface area (Å²) in [6.07, 6.45) is 0.872. The third kappa shape index (κ3) is 4.48. The first kappa shape index (κ1) is 15.3. The Labute approximate surface area is 128 Å². The van der Waals surface area contributed by atoms with Gasteiger partial charge in [0.05, 0.1) is 5.02 Å². The summed E-state index contributed by atoms with van der Waals surface area (Å²) in [6, 6.07) is 12.9. The van der Waals surface area contributed by atoms with Crippen molar-refractivity contribution in [2.75, 3.05) is 0 Å².